The Bertz CT molecular complexity index is 382. The Labute approximate surface area is 104 Å². The Balaban J connectivity index is 1.94. The molecule has 0 spiro atoms. The third-order valence-corrected chi connectivity index (χ3v) is 4.47. The molecule has 1 aliphatic heterocycles. The molecule has 1 N–H and O–H groups in total. The van der Waals surface area contributed by atoms with E-state index in [9.17, 15) is 0 Å². The molecule has 16 heavy (non-hydrogen) atoms. The van der Waals surface area contributed by atoms with Crippen molar-refractivity contribution in [1.29, 1.82) is 0 Å². The van der Waals surface area contributed by atoms with Crippen molar-refractivity contribution in [3.8, 4) is 0 Å². The van der Waals surface area contributed by atoms with Crippen molar-refractivity contribution in [3.05, 3.63) is 34.3 Å². The maximum atomic E-state index is 3.44. The summed E-state index contributed by atoms with van der Waals surface area (Å²) >= 11 is 3.59. The Morgan fingerprint density at radius 2 is 2.31 bits per heavy atom. The summed E-state index contributed by atoms with van der Waals surface area (Å²) in [6.45, 7) is 2.23. The fourth-order valence-electron chi connectivity index (χ4n) is 2.18. The fourth-order valence-corrected chi connectivity index (χ4v) is 3.63. The Hall–Kier alpha value is -0.840. The van der Waals surface area contributed by atoms with E-state index in [1.54, 1.807) is 11.3 Å². The van der Waals surface area contributed by atoms with E-state index in [1.165, 1.54) is 17.1 Å². The zero-order chi connectivity index (χ0) is 10.8. The van der Waals surface area contributed by atoms with Crippen LogP contribution < -0.4 is 10.2 Å². The predicted molar refractivity (Wildman–Crippen MR) is 72.1 cm³/mol. The molecule has 1 fully saturated rings. The summed E-state index contributed by atoms with van der Waals surface area (Å²) in [5.41, 5.74) is 1.33. The molecule has 3 heterocycles. The first-order valence-corrected chi connectivity index (χ1v) is 7.33. The van der Waals surface area contributed by atoms with Gasteiger partial charge in [-0.25, -0.2) is 0 Å². The molecule has 0 aliphatic carbocycles. The standard InChI is InChI=1S/C12H14N2S2/c1-2-12(16-6-1)14(10-3-5-13-8-10)11-4-7-15-9-11/h1-2,4,6-7,9-10,13H,3,5,8H2/t10-/m0/s1. The first-order valence-electron chi connectivity index (χ1n) is 5.51. The number of nitrogens with zero attached hydrogens (tertiary/aromatic N) is 1. The molecule has 0 bridgehead atoms. The van der Waals surface area contributed by atoms with Crippen LogP contribution in [0, 0.1) is 0 Å². The number of anilines is 2. The van der Waals surface area contributed by atoms with Crippen LogP contribution in [0.5, 0.6) is 0 Å². The predicted octanol–water partition coefficient (Wildman–Crippen LogP) is 3.31. The van der Waals surface area contributed by atoms with Crippen molar-refractivity contribution >= 4 is 33.4 Å². The van der Waals surface area contributed by atoms with Crippen LogP contribution in [-0.2, 0) is 0 Å². The first kappa shape index (κ1) is 10.3. The summed E-state index contributed by atoms with van der Waals surface area (Å²) in [5, 5.41) is 11.3. The third kappa shape index (κ3) is 1.88. The van der Waals surface area contributed by atoms with Crippen molar-refractivity contribution < 1.29 is 0 Å². The molecule has 2 aromatic rings. The summed E-state index contributed by atoms with van der Waals surface area (Å²) in [4.78, 5) is 2.47. The van der Waals surface area contributed by atoms with Crippen LogP contribution in [0.2, 0.25) is 0 Å². The van der Waals surface area contributed by atoms with Crippen LogP contribution in [0.1, 0.15) is 6.42 Å². The minimum absolute atomic E-state index is 0.605. The Kier molecular flexibility index (Phi) is 2.95. The van der Waals surface area contributed by atoms with Gasteiger partial charge in [0.15, 0.2) is 0 Å². The van der Waals surface area contributed by atoms with Crippen LogP contribution in [0.3, 0.4) is 0 Å². The molecule has 0 unspecified atom stereocenters. The molecule has 4 heteroatoms. The molecule has 1 saturated heterocycles. The van der Waals surface area contributed by atoms with E-state index in [4.69, 9.17) is 0 Å². The number of nitrogens with one attached hydrogen (secondary N) is 1. The highest BCUT2D eigenvalue weighted by Gasteiger charge is 2.24. The molecule has 1 atom stereocenters. The van der Waals surface area contributed by atoms with Gasteiger partial charge >= 0.3 is 0 Å². The lowest BCUT2D eigenvalue weighted by Crippen LogP contribution is -2.31. The second-order valence-electron chi connectivity index (χ2n) is 3.95. The lowest BCUT2D eigenvalue weighted by Gasteiger charge is -2.28. The quantitative estimate of drug-likeness (QED) is 0.899. The van der Waals surface area contributed by atoms with Gasteiger partial charge in [-0.15, -0.1) is 11.3 Å². The monoisotopic (exact) mass is 250 g/mol. The summed E-state index contributed by atoms with van der Waals surface area (Å²) in [6.07, 6.45) is 1.23. The second kappa shape index (κ2) is 4.57. The lowest BCUT2D eigenvalue weighted by molar-refractivity contribution is 0.717. The number of thiophene rings is 2. The van der Waals surface area contributed by atoms with Crippen LogP contribution in [-0.4, -0.2) is 19.1 Å². The van der Waals surface area contributed by atoms with E-state index in [0.717, 1.165) is 13.1 Å². The van der Waals surface area contributed by atoms with Gasteiger partial charge in [-0.2, -0.15) is 11.3 Å². The van der Waals surface area contributed by atoms with Gasteiger partial charge in [-0.05, 0) is 41.9 Å². The molecule has 1 aliphatic rings. The highest BCUT2D eigenvalue weighted by atomic mass is 32.1. The molecule has 0 saturated carbocycles. The van der Waals surface area contributed by atoms with Gasteiger partial charge in [0.1, 0.15) is 0 Å². The average Bonchev–Trinajstić information content (AvgIpc) is 3.02. The van der Waals surface area contributed by atoms with Crippen LogP contribution >= 0.6 is 22.7 Å². The summed E-state index contributed by atoms with van der Waals surface area (Å²) in [7, 11) is 0. The summed E-state index contributed by atoms with van der Waals surface area (Å²) < 4.78 is 0. The van der Waals surface area contributed by atoms with Gasteiger partial charge < -0.3 is 10.2 Å². The van der Waals surface area contributed by atoms with E-state index in [2.05, 4.69) is 44.6 Å². The smallest absolute Gasteiger partial charge is 0.0956 e. The molecular formula is C12H14N2S2. The van der Waals surface area contributed by atoms with Crippen molar-refractivity contribution in [1.82, 2.24) is 5.32 Å². The van der Waals surface area contributed by atoms with Crippen LogP contribution in [0.25, 0.3) is 0 Å². The Morgan fingerprint density at radius 1 is 1.31 bits per heavy atom. The van der Waals surface area contributed by atoms with E-state index in [1.807, 2.05) is 11.3 Å². The largest absolute Gasteiger partial charge is 0.328 e. The van der Waals surface area contributed by atoms with E-state index < -0.39 is 0 Å². The molecule has 0 amide bonds. The number of hydrogen-bond donors (Lipinski definition) is 1. The molecule has 2 nitrogen and oxygen atoms in total. The molecular weight excluding hydrogens is 236 g/mol. The molecule has 3 rings (SSSR count). The molecule has 2 aromatic heterocycles. The molecule has 0 radical (unpaired) electrons. The van der Waals surface area contributed by atoms with E-state index in [-0.39, 0.29) is 0 Å². The van der Waals surface area contributed by atoms with Crippen molar-refractivity contribution in [2.24, 2.45) is 0 Å². The van der Waals surface area contributed by atoms with Crippen molar-refractivity contribution in [2.45, 2.75) is 12.5 Å². The summed E-state index contributed by atoms with van der Waals surface area (Å²) in [6, 6.07) is 7.15. The zero-order valence-corrected chi connectivity index (χ0v) is 10.6. The summed E-state index contributed by atoms with van der Waals surface area (Å²) in [5.74, 6) is 0. The van der Waals surface area contributed by atoms with Gasteiger partial charge in [0.05, 0.1) is 10.7 Å². The zero-order valence-electron chi connectivity index (χ0n) is 8.93. The van der Waals surface area contributed by atoms with Crippen molar-refractivity contribution in [3.63, 3.8) is 0 Å². The van der Waals surface area contributed by atoms with Crippen LogP contribution in [0.4, 0.5) is 10.7 Å². The minimum atomic E-state index is 0.605. The maximum absolute atomic E-state index is 3.44. The fraction of sp³-hybridized carbons (Fsp3) is 0.333. The molecule has 84 valence electrons. The van der Waals surface area contributed by atoms with E-state index in [0.29, 0.717) is 6.04 Å². The van der Waals surface area contributed by atoms with Crippen molar-refractivity contribution in [2.75, 3.05) is 18.0 Å². The van der Waals surface area contributed by atoms with Gasteiger partial charge in [0.25, 0.3) is 0 Å². The first-order chi connectivity index (χ1) is 7.95. The minimum Gasteiger partial charge on any atom is -0.328 e. The highest BCUT2D eigenvalue weighted by molar-refractivity contribution is 7.14. The number of rotatable bonds is 3. The third-order valence-electron chi connectivity index (χ3n) is 2.93. The average molecular weight is 250 g/mol. The van der Waals surface area contributed by atoms with Gasteiger partial charge in [-0.1, -0.05) is 0 Å². The second-order valence-corrected chi connectivity index (χ2v) is 5.66. The number of hydrogen-bond acceptors (Lipinski definition) is 4. The van der Waals surface area contributed by atoms with Gasteiger partial charge in [0, 0.05) is 18.0 Å². The van der Waals surface area contributed by atoms with Gasteiger partial charge in [-0.3, -0.25) is 0 Å². The Morgan fingerprint density at radius 3 is 2.94 bits per heavy atom. The normalized spacial score (nSPS) is 20.1. The topological polar surface area (TPSA) is 15.3 Å². The molecule has 0 aromatic carbocycles. The van der Waals surface area contributed by atoms with Gasteiger partial charge in [0.2, 0.25) is 0 Å². The SMILES string of the molecule is c1csc(N(c2ccsc2)[C@H]2CCNC2)c1. The van der Waals surface area contributed by atoms with E-state index >= 15 is 0 Å². The highest BCUT2D eigenvalue weighted by Crippen LogP contribution is 2.34. The van der Waals surface area contributed by atoms with Crippen LogP contribution in [0.15, 0.2) is 34.3 Å². The maximum Gasteiger partial charge on any atom is 0.0956 e. The lowest BCUT2D eigenvalue weighted by atomic mass is 10.2.